The lowest BCUT2D eigenvalue weighted by molar-refractivity contribution is 0.325. The molecule has 16 heavy (non-hydrogen) atoms. The van der Waals surface area contributed by atoms with Gasteiger partial charge in [0, 0.05) is 15.1 Å². The van der Waals surface area contributed by atoms with Gasteiger partial charge >= 0.3 is 0 Å². The van der Waals surface area contributed by atoms with Gasteiger partial charge in [-0.3, -0.25) is 5.41 Å². The van der Waals surface area contributed by atoms with Crippen molar-refractivity contribution in [1.29, 1.82) is 5.41 Å². The van der Waals surface area contributed by atoms with Gasteiger partial charge < -0.3 is 9.84 Å². The minimum Gasteiger partial charge on any atom is -0.506 e. The summed E-state index contributed by atoms with van der Waals surface area (Å²) >= 11 is 7.17. The zero-order valence-corrected chi connectivity index (χ0v) is 10.2. The molecule has 0 bridgehead atoms. The summed E-state index contributed by atoms with van der Waals surface area (Å²) in [7, 11) is 0. The Kier molecular flexibility index (Phi) is 3.03. The van der Waals surface area contributed by atoms with Gasteiger partial charge in [-0.15, -0.1) is 11.3 Å². The summed E-state index contributed by atoms with van der Waals surface area (Å²) in [6.07, 6.45) is 0. The molecule has 0 radical (unpaired) electrons. The zero-order chi connectivity index (χ0) is 11.7. The fourth-order valence-corrected chi connectivity index (χ4v) is 2.57. The number of nitrogens with one attached hydrogen (secondary N) is 1. The summed E-state index contributed by atoms with van der Waals surface area (Å²) in [6.45, 7) is 2.21. The Hall–Kier alpha value is -1.26. The fraction of sp³-hybridized carbons (Fsp3) is 0.182. The molecule has 2 aromatic rings. The second kappa shape index (κ2) is 4.31. The molecule has 3 nitrogen and oxygen atoms in total. The molecule has 84 valence electrons. The predicted octanol–water partition coefficient (Wildman–Crippen LogP) is 3.62. The molecule has 1 aromatic heterocycles. The number of aromatic hydroxyl groups is 1. The maximum atomic E-state index is 9.94. The molecule has 0 aliphatic carbocycles. The highest BCUT2D eigenvalue weighted by Gasteiger charge is 2.16. The molecule has 0 aliphatic heterocycles. The highest BCUT2D eigenvalue weighted by molar-refractivity contribution is 7.21. The van der Waals surface area contributed by atoms with Crippen molar-refractivity contribution in [1.82, 2.24) is 0 Å². The lowest BCUT2D eigenvalue weighted by atomic mass is 10.2. The van der Waals surface area contributed by atoms with Crippen molar-refractivity contribution in [2.45, 2.75) is 6.92 Å². The van der Waals surface area contributed by atoms with Gasteiger partial charge in [0.15, 0.2) is 0 Å². The SMILES string of the molecule is CCOC(=N)c1sc2ccc(Cl)cc2c1O. The lowest BCUT2D eigenvalue weighted by Gasteiger charge is -2.01. The summed E-state index contributed by atoms with van der Waals surface area (Å²) in [6, 6.07) is 5.27. The third kappa shape index (κ3) is 1.86. The van der Waals surface area contributed by atoms with Crippen molar-refractivity contribution >= 4 is 38.9 Å². The van der Waals surface area contributed by atoms with E-state index < -0.39 is 0 Å². The molecule has 0 saturated heterocycles. The van der Waals surface area contributed by atoms with Gasteiger partial charge in [0.05, 0.1) is 6.61 Å². The van der Waals surface area contributed by atoms with Gasteiger partial charge in [0.2, 0.25) is 5.90 Å². The normalized spacial score (nSPS) is 10.6. The first-order valence-electron chi connectivity index (χ1n) is 4.76. The van der Waals surface area contributed by atoms with Crippen LogP contribution in [0, 0.1) is 5.41 Å². The minimum atomic E-state index is -0.00248. The van der Waals surface area contributed by atoms with Gasteiger partial charge in [0.1, 0.15) is 10.6 Å². The third-order valence-corrected chi connectivity index (χ3v) is 3.51. The quantitative estimate of drug-likeness (QED) is 0.636. The molecular formula is C11H10ClNO2S. The molecule has 1 heterocycles. The largest absolute Gasteiger partial charge is 0.506 e. The maximum Gasteiger partial charge on any atom is 0.227 e. The van der Waals surface area contributed by atoms with Crippen LogP contribution in [0.25, 0.3) is 10.1 Å². The minimum absolute atomic E-state index is 0.00248. The third-order valence-electron chi connectivity index (χ3n) is 2.12. The zero-order valence-electron chi connectivity index (χ0n) is 8.58. The molecule has 0 unspecified atom stereocenters. The van der Waals surface area contributed by atoms with Crippen LogP contribution >= 0.6 is 22.9 Å². The smallest absolute Gasteiger partial charge is 0.227 e. The molecule has 0 spiro atoms. The molecule has 0 saturated carbocycles. The second-order valence-electron chi connectivity index (χ2n) is 3.18. The molecule has 0 aliphatic rings. The summed E-state index contributed by atoms with van der Waals surface area (Å²) in [5.74, 6) is 0.0678. The van der Waals surface area contributed by atoms with Crippen LogP contribution in [0.15, 0.2) is 18.2 Å². The summed E-state index contributed by atoms with van der Waals surface area (Å²) in [5.41, 5.74) is 0. The fourth-order valence-electron chi connectivity index (χ4n) is 1.42. The van der Waals surface area contributed by atoms with E-state index in [1.165, 1.54) is 11.3 Å². The number of halogens is 1. The van der Waals surface area contributed by atoms with Gasteiger partial charge in [-0.05, 0) is 25.1 Å². The molecular weight excluding hydrogens is 246 g/mol. The van der Waals surface area contributed by atoms with Crippen LogP contribution in [0.5, 0.6) is 5.75 Å². The summed E-state index contributed by atoms with van der Waals surface area (Å²) in [5, 5.41) is 18.8. The van der Waals surface area contributed by atoms with E-state index in [1.807, 2.05) is 6.07 Å². The van der Waals surface area contributed by atoms with Crippen molar-refractivity contribution in [2.24, 2.45) is 0 Å². The van der Waals surface area contributed by atoms with Gasteiger partial charge in [-0.2, -0.15) is 0 Å². The van der Waals surface area contributed by atoms with Crippen LogP contribution in [0.3, 0.4) is 0 Å². The first kappa shape index (κ1) is 11.2. The number of benzene rings is 1. The lowest BCUT2D eigenvalue weighted by Crippen LogP contribution is -2.02. The van der Waals surface area contributed by atoms with Gasteiger partial charge in [0.25, 0.3) is 0 Å². The number of hydrogen-bond donors (Lipinski definition) is 2. The molecule has 0 amide bonds. The van der Waals surface area contributed by atoms with Crippen LogP contribution < -0.4 is 0 Å². The molecule has 0 fully saturated rings. The number of fused-ring (bicyclic) bond motifs is 1. The molecule has 1 aromatic carbocycles. The Morgan fingerprint density at radius 1 is 1.56 bits per heavy atom. The summed E-state index contributed by atoms with van der Waals surface area (Å²) in [4.78, 5) is 0.444. The van der Waals surface area contributed by atoms with E-state index in [1.54, 1.807) is 19.1 Å². The van der Waals surface area contributed by atoms with E-state index in [0.29, 0.717) is 21.9 Å². The molecule has 5 heteroatoms. The van der Waals surface area contributed by atoms with Crippen LogP contribution in [-0.2, 0) is 4.74 Å². The van der Waals surface area contributed by atoms with Crippen molar-refractivity contribution in [3.63, 3.8) is 0 Å². The Morgan fingerprint density at radius 3 is 3.00 bits per heavy atom. The van der Waals surface area contributed by atoms with E-state index in [4.69, 9.17) is 21.7 Å². The summed E-state index contributed by atoms with van der Waals surface area (Å²) < 4.78 is 5.96. The van der Waals surface area contributed by atoms with Crippen LogP contribution in [0.2, 0.25) is 5.02 Å². The van der Waals surface area contributed by atoms with Crippen molar-refractivity contribution in [3.8, 4) is 5.75 Å². The van der Waals surface area contributed by atoms with Crippen LogP contribution in [0.4, 0.5) is 0 Å². The Bertz CT molecular complexity index is 550. The Labute approximate surface area is 102 Å². The highest BCUT2D eigenvalue weighted by Crippen LogP contribution is 2.38. The standard InChI is InChI=1S/C11H10ClNO2S/c1-2-15-11(13)10-9(14)7-5-6(12)3-4-8(7)16-10/h3-5,13-14H,2H2,1H3. The number of rotatable bonds is 2. The van der Waals surface area contributed by atoms with E-state index >= 15 is 0 Å². The highest BCUT2D eigenvalue weighted by atomic mass is 35.5. The molecule has 2 rings (SSSR count). The number of thiophene rings is 1. The number of ether oxygens (including phenoxy) is 1. The van der Waals surface area contributed by atoms with Crippen LogP contribution in [-0.4, -0.2) is 17.6 Å². The van der Waals surface area contributed by atoms with Crippen LogP contribution in [0.1, 0.15) is 11.8 Å². The Morgan fingerprint density at radius 2 is 2.31 bits per heavy atom. The predicted molar refractivity (Wildman–Crippen MR) is 67.0 cm³/mol. The van der Waals surface area contributed by atoms with E-state index in [0.717, 1.165) is 4.70 Å². The molecule has 0 atom stereocenters. The average molecular weight is 256 g/mol. The number of hydrogen-bond acceptors (Lipinski definition) is 4. The van der Waals surface area contributed by atoms with Crippen molar-refractivity contribution in [2.75, 3.05) is 6.61 Å². The first-order valence-corrected chi connectivity index (χ1v) is 5.95. The van der Waals surface area contributed by atoms with Crippen molar-refractivity contribution in [3.05, 3.63) is 28.1 Å². The average Bonchev–Trinajstić information content (AvgIpc) is 2.57. The molecule has 2 N–H and O–H groups in total. The van der Waals surface area contributed by atoms with E-state index in [2.05, 4.69) is 0 Å². The van der Waals surface area contributed by atoms with E-state index in [-0.39, 0.29) is 11.6 Å². The van der Waals surface area contributed by atoms with Gasteiger partial charge in [-0.1, -0.05) is 11.6 Å². The van der Waals surface area contributed by atoms with E-state index in [9.17, 15) is 5.11 Å². The van der Waals surface area contributed by atoms with Crippen molar-refractivity contribution < 1.29 is 9.84 Å². The van der Waals surface area contributed by atoms with Gasteiger partial charge in [-0.25, -0.2) is 0 Å². The Balaban J connectivity index is 2.56. The second-order valence-corrected chi connectivity index (χ2v) is 4.67. The first-order chi connectivity index (χ1) is 7.63. The maximum absolute atomic E-state index is 9.94. The monoisotopic (exact) mass is 255 g/mol. The topological polar surface area (TPSA) is 53.3 Å².